The van der Waals surface area contributed by atoms with Crippen molar-refractivity contribution < 1.29 is 9.90 Å². The van der Waals surface area contributed by atoms with Crippen molar-refractivity contribution in [3.63, 3.8) is 0 Å². The van der Waals surface area contributed by atoms with Crippen LogP contribution in [0.25, 0.3) is 0 Å². The van der Waals surface area contributed by atoms with Gasteiger partial charge in [0.15, 0.2) is 0 Å². The number of nitrogens with zero attached hydrogens (tertiary/aromatic N) is 2. The number of thiophene rings is 1. The number of carbonyl (C=O) groups is 1. The highest BCUT2D eigenvalue weighted by molar-refractivity contribution is 7.09. The lowest BCUT2D eigenvalue weighted by atomic mass is 10.1. The molecule has 118 valence electrons. The highest BCUT2D eigenvalue weighted by Crippen LogP contribution is 2.21. The first-order valence-electron chi connectivity index (χ1n) is 7.46. The Balaban J connectivity index is 1.76. The van der Waals surface area contributed by atoms with Crippen LogP contribution in [-0.2, 0) is 11.3 Å². The van der Waals surface area contributed by atoms with Crippen LogP contribution in [0.1, 0.15) is 18.2 Å². The molecule has 0 aromatic carbocycles. The van der Waals surface area contributed by atoms with Crippen LogP contribution in [0.15, 0.2) is 17.5 Å². The number of aliphatic hydroxyl groups is 1. The van der Waals surface area contributed by atoms with E-state index in [1.165, 1.54) is 4.88 Å². The lowest BCUT2D eigenvalue weighted by Crippen LogP contribution is -2.45. The number of likely N-dealkylation sites (tertiary alicyclic amines) is 1. The molecule has 1 fully saturated rings. The predicted octanol–water partition coefficient (Wildman–Crippen LogP) is 0.751. The van der Waals surface area contributed by atoms with E-state index in [4.69, 9.17) is 5.11 Å². The van der Waals surface area contributed by atoms with E-state index in [0.29, 0.717) is 31.7 Å². The molecule has 1 aromatic rings. The molecular weight excluding hydrogens is 286 g/mol. The zero-order valence-electron chi connectivity index (χ0n) is 12.8. The zero-order chi connectivity index (χ0) is 15.2. The zero-order valence-corrected chi connectivity index (χ0v) is 13.6. The monoisotopic (exact) mass is 311 g/mol. The predicted molar refractivity (Wildman–Crippen MR) is 85.3 cm³/mol. The second kappa shape index (κ2) is 7.89. The maximum atomic E-state index is 12.0. The van der Waals surface area contributed by atoms with Gasteiger partial charge in [-0.1, -0.05) is 6.07 Å². The lowest BCUT2D eigenvalue weighted by Gasteiger charge is -2.30. The highest BCUT2D eigenvalue weighted by Gasteiger charge is 2.33. The minimum absolute atomic E-state index is 0.0840. The summed E-state index contributed by atoms with van der Waals surface area (Å²) in [4.78, 5) is 17.6. The normalized spacial score (nSPS) is 22.9. The first-order valence-corrected chi connectivity index (χ1v) is 8.34. The van der Waals surface area contributed by atoms with Gasteiger partial charge in [0, 0.05) is 30.1 Å². The van der Waals surface area contributed by atoms with E-state index in [9.17, 15) is 4.79 Å². The Morgan fingerprint density at radius 1 is 1.62 bits per heavy atom. The highest BCUT2D eigenvalue weighted by atomic mass is 32.1. The van der Waals surface area contributed by atoms with Gasteiger partial charge in [-0.15, -0.1) is 11.3 Å². The third kappa shape index (κ3) is 4.51. The van der Waals surface area contributed by atoms with Crippen LogP contribution >= 0.6 is 11.3 Å². The number of aliphatic hydroxyl groups excluding tert-OH is 1. The molecule has 21 heavy (non-hydrogen) atoms. The maximum absolute atomic E-state index is 12.0. The van der Waals surface area contributed by atoms with Crippen molar-refractivity contribution in [2.45, 2.75) is 32.0 Å². The van der Waals surface area contributed by atoms with Crippen molar-refractivity contribution in [2.24, 2.45) is 0 Å². The van der Waals surface area contributed by atoms with Crippen LogP contribution in [0.2, 0.25) is 0 Å². The van der Waals surface area contributed by atoms with Gasteiger partial charge in [0.1, 0.15) is 0 Å². The molecule has 0 saturated carbocycles. The van der Waals surface area contributed by atoms with Gasteiger partial charge in [-0.3, -0.25) is 14.6 Å². The van der Waals surface area contributed by atoms with Gasteiger partial charge < -0.3 is 10.4 Å². The third-order valence-electron chi connectivity index (χ3n) is 4.25. The Bertz CT molecular complexity index is 438. The van der Waals surface area contributed by atoms with Crippen molar-refractivity contribution in [3.8, 4) is 0 Å². The summed E-state index contributed by atoms with van der Waals surface area (Å²) in [5, 5.41) is 14.0. The van der Waals surface area contributed by atoms with Crippen molar-refractivity contribution in [3.05, 3.63) is 22.4 Å². The SMILES string of the molecule is C[C@@H]1[C@H](N(C)CCO)CCN1CC(=O)NCc1cccs1. The summed E-state index contributed by atoms with van der Waals surface area (Å²) in [5.41, 5.74) is 0. The molecule has 6 heteroatoms. The Labute approximate surface area is 130 Å². The number of likely N-dealkylation sites (N-methyl/N-ethyl adjacent to an activating group) is 1. The summed E-state index contributed by atoms with van der Waals surface area (Å²) in [7, 11) is 2.04. The van der Waals surface area contributed by atoms with Gasteiger partial charge >= 0.3 is 0 Å². The average Bonchev–Trinajstić information content (AvgIpc) is 3.08. The average molecular weight is 311 g/mol. The first kappa shape index (κ1) is 16.4. The van der Waals surface area contributed by atoms with Crippen molar-refractivity contribution >= 4 is 17.2 Å². The molecule has 0 radical (unpaired) electrons. The standard InChI is InChI=1S/C15H25N3O2S/c1-12-14(17(2)7-8-19)5-6-18(12)11-15(20)16-10-13-4-3-9-21-13/h3-4,9,12,14,19H,5-8,10-11H2,1-2H3,(H,16,20)/t12-,14-/m1/s1. The fourth-order valence-electron chi connectivity index (χ4n) is 2.96. The van der Waals surface area contributed by atoms with Crippen LogP contribution in [0.5, 0.6) is 0 Å². The van der Waals surface area contributed by atoms with Gasteiger partial charge in [0.25, 0.3) is 0 Å². The van der Waals surface area contributed by atoms with E-state index in [2.05, 4.69) is 22.0 Å². The topological polar surface area (TPSA) is 55.8 Å². The largest absolute Gasteiger partial charge is 0.395 e. The van der Waals surface area contributed by atoms with Crippen LogP contribution in [0.3, 0.4) is 0 Å². The molecule has 2 N–H and O–H groups in total. The van der Waals surface area contributed by atoms with E-state index in [-0.39, 0.29) is 12.5 Å². The number of carbonyl (C=O) groups excluding carboxylic acids is 1. The van der Waals surface area contributed by atoms with Crippen LogP contribution in [-0.4, -0.2) is 66.2 Å². The van der Waals surface area contributed by atoms with Crippen molar-refractivity contribution in [1.29, 1.82) is 0 Å². The molecule has 0 bridgehead atoms. The van der Waals surface area contributed by atoms with Crippen molar-refractivity contribution in [2.75, 3.05) is 33.3 Å². The van der Waals surface area contributed by atoms with Gasteiger partial charge in [0.05, 0.1) is 19.7 Å². The van der Waals surface area contributed by atoms with Crippen LogP contribution < -0.4 is 5.32 Å². The molecule has 2 atom stereocenters. The molecule has 1 saturated heterocycles. The number of hydrogen-bond donors (Lipinski definition) is 2. The molecule has 0 spiro atoms. The Kier molecular flexibility index (Phi) is 6.17. The van der Waals surface area contributed by atoms with Gasteiger partial charge in [-0.2, -0.15) is 0 Å². The molecule has 1 aromatic heterocycles. The minimum atomic E-state index is 0.0840. The van der Waals surface area contributed by atoms with E-state index < -0.39 is 0 Å². The minimum Gasteiger partial charge on any atom is -0.395 e. The summed E-state index contributed by atoms with van der Waals surface area (Å²) in [6, 6.07) is 4.79. The molecule has 5 nitrogen and oxygen atoms in total. The molecule has 0 unspecified atom stereocenters. The molecule has 1 amide bonds. The van der Waals surface area contributed by atoms with E-state index in [1.807, 2.05) is 24.6 Å². The summed E-state index contributed by atoms with van der Waals surface area (Å²) >= 11 is 1.66. The summed E-state index contributed by atoms with van der Waals surface area (Å²) < 4.78 is 0. The second-order valence-electron chi connectivity index (χ2n) is 5.63. The number of hydrogen-bond acceptors (Lipinski definition) is 5. The third-order valence-corrected chi connectivity index (χ3v) is 5.13. The molecule has 1 aliphatic heterocycles. The van der Waals surface area contributed by atoms with Crippen LogP contribution in [0, 0.1) is 0 Å². The fourth-order valence-corrected chi connectivity index (χ4v) is 3.61. The summed E-state index contributed by atoms with van der Waals surface area (Å²) in [6.07, 6.45) is 1.05. The Morgan fingerprint density at radius 2 is 2.43 bits per heavy atom. The molecule has 2 rings (SSSR count). The maximum Gasteiger partial charge on any atom is 0.234 e. The molecular formula is C15H25N3O2S. The molecule has 1 aliphatic rings. The van der Waals surface area contributed by atoms with Gasteiger partial charge in [-0.05, 0) is 31.8 Å². The van der Waals surface area contributed by atoms with E-state index >= 15 is 0 Å². The van der Waals surface area contributed by atoms with E-state index in [0.717, 1.165) is 13.0 Å². The molecule has 0 aliphatic carbocycles. The summed E-state index contributed by atoms with van der Waals surface area (Å²) in [6.45, 7) is 5.04. The second-order valence-corrected chi connectivity index (χ2v) is 6.66. The Morgan fingerprint density at radius 3 is 3.10 bits per heavy atom. The lowest BCUT2D eigenvalue weighted by molar-refractivity contribution is -0.122. The number of nitrogens with one attached hydrogen (secondary N) is 1. The smallest absolute Gasteiger partial charge is 0.234 e. The quantitative estimate of drug-likeness (QED) is 0.780. The van der Waals surface area contributed by atoms with Crippen LogP contribution in [0.4, 0.5) is 0 Å². The van der Waals surface area contributed by atoms with Gasteiger partial charge in [0.2, 0.25) is 5.91 Å². The van der Waals surface area contributed by atoms with Crippen molar-refractivity contribution in [1.82, 2.24) is 15.1 Å². The first-order chi connectivity index (χ1) is 10.1. The van der Waals surface area contributed by atoms with E-state index in [1.54, 1.807) is 11.3 Å². The number of amides is 1. The van der Waals surface area contributed by atoms with Gasteiger partial charge in [-0.25, -0.2) is 0 Å². The Hall–Kier alpha value is -0.950. The summed E-state index contributed by atoms with van der Waals surface area (Å²) in [5.74, 6) is 0.0840. The fraction of sp³-hybridized carbons (Fsp3) is 0.667. The molecule has 2 heterocycles. The number of rotatable bonds is 7.